The maximum Gasteiger partial charge on any atom is 0.354 e. The molecule has 90 valence electrons. The number of carbonyl (C=O) groups excluding carboxylic acids is 1. The average molecular weight is 234 g/mol. The minimum absolute atomic E-state index is 0.318. The largest absolute Gasteiger partial charge is 0.461 e. The Kier molecular flexibility index (Phi) is 3.22. The Hall–Kier alpha value is -2.11. The van der Waals surface area contributed by atoms with Crippen molar-refractivity contribution in [1.29, 1.82) is 0 Å². The Morgan fingerprint density at radius 3 is 3.00 bits per heavy atom. The van der Waals surface area contributed by atoms with Crippen LogP contribution < -0.4 is 0 Å². The number of hydrogen-bond donors (Lipinski definition) is 0. The summed E-state index contributed by atoms with van der Waals surface area (Å²) in [7, 11) is 1.80. The van der Waals surface area contributed by atoms with Gasteiger partial charge in [-0.25, -0.2) is 4.79 Å². The molecular formula is C11H14N4O2. The number of rotatable bonds is 4. The maximum absolute atomic E-state index is 11.6. The smallest absolute Gasteiger partial charge is 0.354 e. The first-order chi connectivity index (χ1) is 8.20. The number of aromatic nitrogens is 4. The molecule has 0 bridgehead atoms. The lowest BCUT2D eigenvalue weighted by molar-refractivity contribution is 0.0514. The molecule has 2 heterocycles. The van der Waals surface area contributed by atoms with Crippen LogP contribution in [0, 0.1) is 0 Å². The van der Waals surface area contributed by atoms with Crippen LogP contribution in [0.15, 0.2) is 24.5 Å². The number of ether oxygens (including phenoxy) is 1. The summed E-state index contributed by atoms with van der Waals surface area (Å²) in [4.78, 5) is 11.6. The minimum Gasteiger partial charge on any atom is -0.461 e. The van der Waals surface area contributed by atoms with E-state index in [1.807, 2.05) is 18.5 Å². The van der Waals surface area contributed by atoms with Crippen molar-refractivity contribution in [1.82, 2.24) is 19.6 Å². The second-order valence-electron chi connectivity index (χ2n) is 3.63. The van der Waals surface area contributed by atoms with E-state index in [1.165, 1.54) is 0 Å². The van der Waals surface area contributed by atoms with Crippen molar-refractivity contribution in [3.63, 3.8) is 0 Å². The quantitative estimate of drug-likeness (QED) is 0.735. The van der Waals surface area contributed by atoms with E-state index in [1.54, 1.807) is 29.3 Å². The van der Waals surface area contributed by atoms with Gasteiger partial charge in [0.1, 0.15) is 11.4 Å². The van der Waals surface area contributed by atoms with Crippen molar-refractivity contribution in [3.05, 3.63) is 35.9 Å². The molecule has 0 N–H and O–H groups in total. The van der Waals surface area contributed by atoms with E-state index in [0.29, 0.717) is 18.8 Å². The third-order valence-electron chi connectivity index (χ3n) is 2.30. The highest BCUT2D eigenvalue weighted by Crippen LogP contribution is 2.07. The van der Waals surface area contributed by atoms with Gasteiger partial charge in [0.2, 0.25) is 0 Å². The Morgan fingerprint density at radius 2 is 2.35 bits per heavy atom. The van der Waals surface area contributed by atoms with Crippen molar-refractivity contribution < 1.29 is 9.53 Å². The second kappa shape index (κ2) is 4.82. The van der Waals surface area contributed by atoms with E-state index in [4.69, 9.17) is 4.74 Å². The fraction of sp³-hybridized carbons (Fsp3) is 0.364. The van der Waals surface area contributed by atoms with Crippen LogP contribution in [-0.2, 0) is 18.3 Å². The lowest BCUT2D eigenvalue weighted by Crippen LogP contribution is -2.12. The predicted octanol–water partition coefficient (Wildman–Crippen LogP) is 0.842. The van der Waals surface area contributed by atoms with Crippen LogP contribution in [0.2, 0.25) is 0 Å². The normalized spacial score (nSPS) is 10.5. The molecule has 0 aliphatic rings. The Bertz CT molecular complexity index is 515. The fourth-order valence-corrected chi connectivity index (χ4v) is 1.58. The highest BCUT2D eigenvalue weighted by molar-refractivity contribution is 5.87. The summed E-state index contributed by atoms with van der Waals surface area (Å²) in [6, 6.07) is 3.54. The van der Waals surface area contributed by atoms with Gasteiger partial charge in [-0.05, 0) is 19.1 Å². The van der Waals surface area contributed by atoms with Crippen molar-refractivity contribution in [2.45, 2.75) is 13.5 Å². The highest BCUT2D eigenvalue weighted by Gasteiger charge is 2.12. The topological polar surface area (TPSA) is 61.9 Å². The van der Waals surface area contributed by atoms with Gasteiger partial charge < -0.3 is 9.30 Å². The molecule has 0 radical (unpaired) electrons. The van der Waals surface area contributed by atoms with Crippen LogP contribution in [0.4, 0.5) is 0 Å². The van der Waals surface area contributed by atoms with Gasteiger partial charge >= 0.3 is 5.97 Å². The Balaban J connectivity index is 2.16. The first kappa shape index (κ1) is 11.4. The third-order valence-corrected chi connectivity index (χ3v) is 2.30. The molecular weight excluding hydrogens is 220 g/mol. The SMILES string of the molecule is CCOC(=O)c1cccn1Cc1cn(C)nn1. The van der Waals surface area contributed by atoms with E-state index in [9.17, 15) is 4.79 Å². The molecule has 0 saturated heterocycles. The zero-order valence-electron chi connectivity index (χ0n) is 9.83. The molecule has 6 nitrogen and oxygen atoms in total. The summed E-state index contributed by atoms with van der Waals surface area (Å²) >= 11 is 0. The van der Waals surface area contributed by atoms with Gasteiger partial charge in [-0.1, -0.05) is 5.21 Å². The molecule has 0 aromatic carbocycles. The number of nitrogens with zero attached hydrogens (tertiary/aromatic N) is 4. The van der Waals surface area contributed by atoms with Crippen LogP contribution in [0.25, 0.3) is 0 Å². The van der Waals surface area contributed by atoms with Crippen molar-refractivity contribution in [2.75, 3.05) is 6.61 Å². The summed E-state index contributed by atoms with van der Waals surface area (Å²) in [5, 5.41) is 7.82. The molecule has 17 heavy (non-hydrogen) atoms. The molecule has 0 unspecified atom stereocenters. The lowest BCUT2D eigenvalue weighted by atomic mass is 10.4. The molecule has 2 aromatic heterocycles. The molecule has 0 fully saturated rings. The van der Waals surface area contributed by atoms with Crippen LogP contribution in [0.1, 0.15) is 23.1 Å². The number of carbonyl (C=O) groups is 1. The average Bonchev–Trinajstić information content (AvgIpc) is 2.89. The van der Waals surface area contributed by atoms with Gasteiger partial charge in [-0.3, -0.25) is 4.68 Å². The van der Waals surface area contributed by atoms with Gasteiger partial charge in [0.25, 0.3) is 0 Å². The third kappa shape index (κ3) is 2.52. The van der Waals surface area contributed by atoms with E-state index < -0.39 is 0 Å². The molecule has 0 atom stereocenters. The highest BCUT2D eigenvalue weighted by atomic mass is 16.5. The van der Waals surface area contributed by atoms with Gasteiger partial charge in [-0.2, -0.15) is 0 Å². The Labute approximate surface area is 98.8 Å². The molecule has 6 heteroatoms. The molecule has 0 amide bonds. The molecule has 0 aliphatic carbocycles. The summed E-state index contributed by atoms with van der Waals surface area (Å²) in [6.45, 7) is 2.66. The molecule has 0 aliphatic heterocycles. The van der Waals surface area contributed by atoms with E-state index in [2.05, 4.69) is 10.3 Å². The van der Waals surface area contributed by atoms with Gasteiger partial charge in [0.05, 0.1) is 13.2 Å². The minimum atomic E-state index is -0.318. The first-order valence-electron chi connectivity index (χ1n) is 5.38. The van der Waals surface area contributed by atoms with Gasteiger partial charge in [0, 0.05) is 19.4 Å². The number of hydrogen-bond acceptors (Lipinski definition) is 4. The molecule has 0 saturated carbocycles. The molecule has 2 rings (SSSR count). The lowest BCUT2D eigenvalue weighted by Gasteiger charge is -2.06. The zero-order chi connectivity index (χ0) is 12.3. The van der Waals surface area contributed by atoms with E-state index in [0.717, 1.165) is 5.69 Å². The second-order valence-corrected chi connectivity index (χ2v) is 3.63. The summed E-state index contributed by atoms with van der Waals surface area (Å²) in [5.41, 5.74) is 1.33. The molecule has 2 aromatic rings. The first-order valence-corrected chi connectivity index (χ1v) is 5.38. The van der Waals surface area contributed by atoms with E-state index >= 15 is 0 Å². The van der Waals surface area contributed by atoms with E-state index in [-0.39, 0.29) is 5.97 Å². The summed E-state index contributed by atoms with van der Waals surface area (Å²) in [6.07, 6.45) is 3.63. The Morgan fingerprint density at radius 1 is 1.53 bits per heavy atom. The van der Waals surface area contributed by atoms with Gasteiger partial charge in [-0.15, -0.1) is 5.10 Å². The van der Waals surface area contributed by atoms with Crippen molar-refractivity contribution in [3.8, 4) is 0 Å². The molecule has 0 spiro atoms. The van der Waals surface area contributed by atoms with Crippen LogP contribution in [-0.4, -0.2) is 32.1 Å². The maximum atomic E-state index is 11.6. The summed E-state index contributed by atoms with van der Waals surface area (Å²) in [5.74, 6) is -0.318. The predicted molar refractivity (Wildman–Crippen MR) is 60.5 cm³/mol. The monoisotopic (exact) mass is 234 g/mol. The van der Waals surface area contributed by atoms with Crippen LogP contribution >= 0.6 is 0 Å². The fourth-order valence-electron chi connectivity index (χ4n) is 1.58. The van der Waals surface area contributed by atoms with Gasteiger partial charge in [0.15, 0.2) is 0 Å². The van der Waals surface area contributed by atoms with Crippen molar-refractivity contribution in [2.24, 2.45) is 7.05 Å². The number of esters is 1. The number of aryl methyl sites for hydroxylation is 1. The van der Waals surface area contributed by atoms with Crippen molar-refractivity contribution >= 4 is 5.97 Å². The zero-order valence-corrected chi connectivity index (χ0v) is 9.83. The van der Waals surface area contributed by atoms with Crippen LogP contribution in [0.5, 0.6) is 0 Å². The van der Waals surface area contributed by atoms with Crippen LogP contribution in [0.3, 0.4) is 0 Å². The summed E-state index contributed by atoms with van der Waals surface area (Å²) < 4.78 is 8.39. The standard InChI is InChI=1S/C11H14N4O2/c1-3-17-11(16)10-5-4-6-15(10)8-9-7-14(2)13-12-9/h4-7H,3,8H2,1-2H3.